The van der Waals surface area contributed by atoms with Gasteiger partial charge >= 0.3 is 7.60 Å². The van der Waals surface area contributed by atoms with Crippen LogP contribution in [0.15, 0.2) is 36.4 Å². The van der Waals surface area contributed by atoms with Crippen molar-refractivity contribution >= 4 is 24.6 Å². The summed E-state index contributed by atoms with van der Waals surface area (Å²) in [5, 5.41) is 2.97. The normalized spacial score (nSPS) is 13.9. The van der Waals surface area contributed by atoms with Crippen LogP contribution in [0.3, 0.4) is 0 Å². The van der Waals surface area contributed by atoms with Gasteiger partial charge in [0.15, 0.2) is 5.78 Å². The lowest BCUT2D eigenvalue weighted by Crippen LogP contribution is -2.12. The summed E-state index contributed by atoms with van der Waals surface area (Å²) in [6, 6.07) is 11.3. The van der Waals surface area contributed by atoms with Gasteiger partial charge in [0.05, 0.1) is 0 Å². The summed E-state index contributed by atoms with van der Waals surface area (Å²) >= 11 is 1.39. The number of hydrogen-bond acceptors (Lipinski definition) is 3. The number of aryl methyl sites for hydroxylation is 1. The van der Waals surface area contributed by atoms with Crippen LogP contribution in [-0.2, 0) is 9.98 Å². The monoisotopic (exact) mass is 339 g/mol. The average molecular weight is 339 g/mol. The number of rotatable bonds is 4. The fourth-order valence-electron chi connectivity index (χ4n) is 2.15. The van der Waals surface area contributed by atoms with Gasteiger partial charge in [0.1, 0.15) is 0 Å². The highest BCUT2D eigenvalue weighted by Gasteiger charge is 2.31. The van der Waals surface area contributed by atoms with E-state index in [1.807, 2.05) is 37.3 Å². The molecule has 2 aromatic rings. The maximum atomic E-state index is 11.8. The third kappa shape index (κ3) is 4.20. The molecule has 0 amide bonds. The summed E-state index contributed by atoms with van der Waals surface area (Å²) in [5.41, 5.74) is 1.93. The summed E-state index contributed by atoms with van der Waals surface area (Å²) < 4.78 is 11.8. The summed E-state index contributed by atoms with van der Waals surface area (Å²) in [5.74, 6) is -1.01. The van der Waals surface area contributed by atoms with Crippen LogP contribution in [0.25, 0.3) is 0 Å². The number of thiophene rings is 1. The Morgan fingerprint density at radius 2 is 1.68 bits per heavy atom. The van der Waals surface area contributed by atoms with Gasteiger partial charge in [0.25, 0.3) is 0 Å². The van der Waals surface area contributed by atoms with Crippen molar-refractivity contribution in [2.24, 2.45) is 0 Å². The molecule has 22 heavy (non-hydrogen) atoms. The molecule has 3 N–H and O–H groups in total. The van der Waals surface area contributed by atoms with Crippen LogP contribution < -0.4 is 5.32 Å². The zero-order valence-corrected chi connectivity index (χ0v) is 14.9. The topological polar surface area (TPSA) is 69.6 Å². The number of benzene rings is 1. The van der Waals surface area contributed by atoms with E-state index in [0.717, 1.165) is 4.88 Å². The molecule has 0 aliphatic heterocycles. The van der Waals surface area contributed by atoms with E-state index in [2.05, 4.69) is 26.1 Å². The fraction of sp³-hybridized carbons (Fsp3) is 0.375. The third-order valence-corrected chi connectivity index (χ3v) is 5.74. The molecule has 0 aliphatic rings. The molecular weight excluding hydrogens is 317 g/mol. The Labute approximate surface area is 135 Å². The Bertz CT molecular complexity index is 682. The van der Waals surface area contributed by atoms with Crippen molar-refractivity contribution < 1.29 is 14.4 Å². The Hall–Kier alpha value is -1.13. The second-order valence-electron chi connectivity index (χ2n) is 6.41. The standard InChI is InChI=1S/C16H22NO3PS/c1-11-5-10-14(22-11)15(21(18,19)20)17-13-8-6-12(7-9-13)16(2,3)4/h5-10,15,17H,1-4H3,(H2,18,19,20). The number of hydrogen-bond donors (Lipinski definition) is 3. The van der Waals surface area contributed by atoms with Gasteiger partial charge in [-0.1, -0.05) is 32.9 Å². The molecule has 1 atom stereocenters. The van der Waals surface area contributed by atoms with Crippen molar-refractivity contribution in [1.29, 1.82) is 0 Å². The number of anilines is 1. The van der Waals surface area contributed by atoms with Gasteiger partial charge in [-0.3, -0.25) is 4.57 Å². The quantitative estimate of drug-likeness (QED) is 0.710. The first-order valence-corrected chi connectivity index (χ1v) is 9.56. The zero-order chi connectivity index (χ0) is 16.5. The zero-order valence-electron chi connectivity index (χ0n) is 13.2. The molecular formula is C16H22NO3PS. The van der Waals surface area contributed by atoms with Crippen molar-refractivity contribution in [2.75, 3.05) is 5.32 Å². The first-order valence-electron chi connectivity index (χ1n) is 7.06. The SMILES string of the molecule is Cc1ccc(C(Nc2ccc(C(C)(C)C)cc2)P(=O)(O)O)s1. The molecule has 4 nitrogen and oxygen atoms in total. The van der Waals surface area contributed by atoms with E-state index >= 15 is 0 Å². The minimum Gasteiger partial charge on any atom is -0.367 e. The Kier molecular flexibility index (Phi) is 4.83. The van der Waals surface area contributed by atoms with Gasteiger partial charge < -0.3 is 15.1 Å². The minimum absolute atomic E-state index is 0.0477. The smallest absolute Gasteiger partial charge is 0.352 e. The van der Waals surface area contributed by atoms with Crippen LogP contribution in [0.4, 0.5) is 5.69 Å². The van der Waals surface area contributed by atoms with Crippen LogP contribution >= 0.6 is 18.9 Å². The van der Waals surface area contributed by atoms with Gasteiger partial charge in [-0.15, -0.1) is 11.3 Å². The predicted molar refractivity (Wildman–Crippen MR) is 92.6 cm³/mol. The van der Waals surface area contributed by atoms with E-state index in [9.17, 15) is 14.4 Å². The first kappa shape index (κ1) is 17.2. The predicted octanol–water partition coefficient (Wildman–Crippen LogP) is 4.64. The van der Waals surface area contributed by atoms with Crippen LogP contribution in [0.1, 0.15) is 41.9 Å². The second-order valence-corrected chi connectivity index (χ2v) is 9.43. The lowest BCUT2D eigenvalue weighted by Gasteiger charge is -2.22. The molecule has 1 aromatic heterocycles. The fourth-order valence-corrected chi connectivity index (χ4v) is 4.27. The second kappa shape index (κ2) is 6.17. The minimum atomic E-state index is -4.29. The maximum absolute atomic E-state index is 11.8. The summed E-state index contributed by atoms with van der Waals surface area (Å²) in [6.07, 6.45) is 0. The summed E-state index contributed by atoms with van der Waals surface area (Å²) in [6.45, 7) is 8.30. The highest BCUT2D eigenvalue weighted by molar-refractivity contribution is 7.52. The van der Waals surface area contributed by atoms with Crippen molar-refractivity contribution in [2.45, 2.75) is 38.9 Å². The van der Waals surface area contributed by atoms with Crippen molar-refractivity contribution in [3.63, 3.8) is 0 Å². The van der Waals surface area contributed by atoms with Gasteiger partial charge in [-0.25, -0.2) is 0 Å². The van der Waals surface area contributed by atoms with Crippen LogP contribution in [0.2, 0.25) is 0 Å². The number of nitrogens with one attached hydrogen (secondary N) is 1. The van der Waals surface area contributed by atoms with Gasteiger partial charge in [0.2, 0.25) is 0 Å². The molecule has 0 radical (unpaired) electrons. The van der Waals surface area contributed by atoms with Gasteiger partial charge in [0, 0.05) is 15.4 Å². The van der Waals surface area contributed by atoms with Crippen LogP contribution in [0, 0.1) is 6.92 Å². The molecule has 2 rings (SSSR count). The van der Waals surface area contributed by atoms with Gasteiger partial charge in [-0.2, -0.15) is 0 Å². The van der Waals surface area contributed by atoms with E-state index in [-0.39, 0.29) is 5.41 Å². The third-order valence-electron chi connectivity index (χ3n) is 3.42. The molecule has 1 aromatic carbocycles. The van der Waals surface area contributed by atoms with Crippen LogP contribution in [-0.4, -0.2) is 9.79 Å². The molecule has 0 aliphatic carbocycles. The van der Waals surface area contributed by atoms with E-state index in [1.165, 1.54) is 16.9 Å². The molecule has 1 unspecified atom stereocenters. The van der Waals surface area contributed by atoms with Crippen molar-refractivity contribution in [3.05, 3.63) is 51.7 Å². The molecule has 0 saturated carbocycles. The highest BCUT2D eigenvalue weighted by Crippen LogP contribution is 2.53. The Morgan fingerprint density at radius 1 is 1.09 bits per heavy atom. The molecule has 0 bridgehead atoms. The molecule has 120 valence electrons. The van der Waals surface area contributed by atoms with E-state index < -0.39 is 13.4 Å². The van der Waals surface area contributed by atoms with E-state index in [4.69, 9.17) is 0 Å². The lowest BCUT2D eigenvalue weighted by atomic mass is 9.87. The molecule has 6 heteroatoms. The van der Waals surface area contributed by atoms with Crippen molar-refractivity contribution in [1.82, 2.24) is 0 Å². The largest absolute Gasteiger partial charge is 0.367 e. The van der Waals surface area contributed by atoms with Crippen molar-refractivity contribution in [3.8, 4) is 0 Å². The van der Waals surface area contributed by atoms with E-state index in [1.54, 1.807) is 6.07 Å². The summed E-state index contributed by atoms with van der Waals surface area (Å²) in [7, 11) is -4.29. The average Bonchev–Trinajstić information content (AvgIpc) is 2.80. The Balaban J connectivity index is 2.27. The molecule has 0 saturated heterocycles. The summed E-state index contributed by atoms with van der Waals surface area (Å²) in [4.78, 5) is 21.0. The van der Waals surface area contributed by atoms with Crippen LogP contribution in [0.5, 0.6) is 0 Å². The first-order chi connectivity index (χ1) is 10.1. The van der Waals surface area contributed by atoms with E-state index in [0.29, 0.717) is 10.6 Å². The highest BCUT2D eigenvalue weighted by atomic mass is 32.1. The maximum Gasteiger partial charge on any atom is 0.352 e. The molecule has 0 fully saturated rings. The molecule has 1 heterocycles. The lowest BCUT2D eigenvalue weighted by molar-refractivity contribution is 0.363. The van der Waals surface area contributed by atoms with Gasteiger partial charge in [-0.05, 0) is 42.2 Å². The molecule has 0 spiro atoms. The Morgan fingerprint density at radius 3 is 2.09 bits per heavy atom.